The molecule has 110 valence electrons. The minimum atomic E-state index is -0.803. The molecule has 1 aromatic heterocycles. The van der Waals surface area contributed by atoms with Crippen LogP contribution in [0.5, 0.6) is 0 Å². The number of fused-ring (bicyclic) bond motifs is 1. The number of nitrogens with one attached hydrogen (secondary N) is 1. The van der Waals surface area contributed by atoms with Crippen molar-refractivity contribution in [1.82, 2.24) is 9.88 Å². The van der Waals surface area contributed by atoms with Gasteiger partial charge in [0.2, 0.25) is 0 Å². The summed E-state index contributed by atoms with van der Waals surface area (Å²) < 4.78 is 0. The lowest BCUT2D eigenvalue weighted by Crippen LogP contribution is -2.48. The highest BCUT2D eigenvalue weighted by Gasteiger charge is 2.19. The molecule has 2 heterocycles. The van der Waals surface area contributed by atoms with Crippen LogP contribution < -0.4 is 10.5 Å². The Hall–Kier alpha value is -2.34. The van der Waals surface area contributed by atoms with E-state index in [9.17, 15) is 9.59 Å². The van der Waals surface area contributed by atoms with Crippen LogP contribution in [-0.4, -0.2) is 53.7 Å². The van der Waals surface area contributed by atoms with Crippen LogP contribution in [-0.2, 0) is 4.79 Å². The zero-order valence-corrected chi connectivity index (χ0v) is 11.6. The molecule has 6 nitrogen and oxygen atoms in total. The first-order chi connectivity index (χ1) is 10.1. The van der Waals surface area contributed by atoms with Crippen molar-refractivity contribution < 1.29 is 9.90 Å². The maximum Gasteiger partial charge on any atom is 0.317 e. The molecule has 3 rings (SSSR count). The summed E-state index contributed by atoms with van der Waals surface area (Å²) in [7, 11) is 0. The van der Waals surface area contributed by atoms with Gasteiger partial charge in [-0.1, -0.05) is 18.2 Å². The predicted molar refractivity (Wildman–Crippen MR) is 80.9 cm³/mol. The Morgan fingerprint density at radius 1 is 1.19 bits per heavy atom. The van der Waals surface area contributed by atoms with Crippen molar-refractivity contribution in [3.05, 3.63) is 40.7 Å². The summed E-state index contributed by atoms with van der Waals surface area (Å²) in [5.74, 6) is -0.00348. The topological polar surface area (TPSA) is 76.6 Å². The molecule has 2 N–H and O–H groups in total. The molecule has 0 atom stereocenters. The van der Waals surface area contributed by atoms with Crippen molar-refractivity contribution in [1.29, 1.82) is 0 Å². The molecule has 1 aromatic carbocycles. The Balaban J connectivity index is 1.79. The van der Waals surface area contributed by atoms with E-state index in [1.165, 1.54) is 0 Å². The Morgan fingerprint density at radius 3 is 2.62 bits per heavy atom. The molecule has 0 amide bonds. The van der Waals surface area contributed by atoms with Gasteiger partial charge in [-0.3, -0.25) is 14.5 Å². The average Bonchev–Trinajstić information content (AvgIpc) is 2.47. The number of aliphatic carboxylic acids is 1. The lowest BCUT2D eigenvalue weighted by Gasteiger charge is -2.34. The quantitative estimate of drug-likeness (QED) is 0.870. The summed E-state index contributed by atoms with van der Waals surface area (Å²) in [5.41, 5.74) is -0.0870. The number of rotatable bonds is 3. The van der Waals surface area contributed by atoms with E-state index in [0.717, 1.165) is 11.2 Å². The number of pyridine rings is 1. The lowest BCUT2D eigenvalue weighted by atomic mass is 10.1. The van der Waals surface area contributed by atoms with Gasteiger partial charge < -0.3 is 15.0 Å². The minimum absolute atomic E-state index is 0.0715. The maximum atomic E-state index is 12.1. The van der Waals surface area contributed by atoms with Crippen LogP contribution in [0.2, 0.25) is 0 Å². The average molecular weight is 287 g/mol. The highest BCUT2D eigenvalue weighted by molar-refractivity contribution is 5.83. The summed E-state index contributed by atoms with van der Waals surface area (Å²) in [6.45, 7) is 2.85. The fourth-order valence-electron chi connectivity index (χ4n) is 2.71. The highest BCUT2D eigenvalue weighted by atomic mass is 16.4. The van der Waals surface area contributed by atoms with E-state index >= 15 is 0 Å². The number of hydrogen-bond donors (Lipinski definition) is 2. The van der Waals surface area contributed by atoms with Gasteiger partial charge in [-0.25, -0.2) is 0 Å². The first-order valence-corrected chi connectivity index (χ1v) is 6.94. The van der Waals surface area contributed by atoms with Gasteiger partial charge in [0.15, 0.2) is 0 Å². The van der Waals surface area contributed by atoms with Crippen molar-refractivity contribution in [3.8, 4) is 0 Å². The Bertz CT molecular complexity index is 717. The zero-order valence-electron chi connectivity index (χ0n) is 11.6. The Labute approximate surface area is 121 Å². The van der Waals surface area contributed by atoms with E-state index in [4.69, 9.17) is 5.11 Å². The van der Waals surface area contributed by atoms with Gasteiger partial charge in [0.1, 0.15) is 5.82 Å². The van der Waals surface area contributed by atoms with Crippen LogP contribution in [0.1, 0.15) is 0 Å². The van der Waals surface area contributed by atoms with Crippen LogP contribution in [0, 0.1) is 0 Å². The fraction of sp³-hybridized carbons (Fsp3) is 0.333. The SMILES string of the molecule is O=C(O)CN1CCN(c2cc3ccccc3c(=O)[nH]2)CC1. The normalized spacial score (nSPS) is 16.3. The number of carbonyl (C=O) groups is 1. The fourth-order valence-corrected chi connectivity index (χ4v) is 2.71. The molecule has 1 saturated heterocycles. The second kappa shape index (κ2) is 5.57. The largest absolute Gasteiger partial charge is 0.480 e. The third kappa shape index (κ3) is 2.90. The third-order valence-corrected chi connectivity index (χ3v) is 3.81. The van der Waals surface area contributed by atoms with Gasteiger partial charge in [0.05, 0.1) is 6.54 Å². The number of aromatic amines is 1. The van der Waals surface area contributed by atoms with Crippen LogP contribution >= 0.6 is 0 Å². The molecule has 0 spiro atoms. The number of hydrogen-bond acceptors (Lipinski definition) is 4. The Kier molecular flexibility index (Phi) is 3.62. The van der Waals surface area contributed by atoms with Crippen LogP contribution in [0.25, 0.3) is 10.8 Å². The molecule has 2 aromatic rings. The molecule has 0 bridgehead atoms. The first-order valence-electron chi connectivity index (χ1n) is 6.94. The first kappa shape index (κ1) is 13.6. The van der Waals surface area contributed by atoms with E-state index in [2.05, 4.69) is 9.88 Å². The lowest BCUT2D eigenvalue weighted by molar-refractivity contribution is -0.138. The molecular weight excluding hydrogens is 270 g/mol. The van der Waals surface area contributed by atoms with E-state index in [1.54, 1.807) is 0 Å². The number of carboxylic acids is 1. The molecule has 1 aliphatic heterocycles. The summed E-state index contributed by atoms with van der Waals surface area (Å²) in [5, 5.41) is 10.4. The zero-order chi connectivity index (χ0) is 14.8. The van der Waals surface area contributed by atoms with Gasteiger partial charge in [-0.15, -0.1) is 0 Å². The molecule has 0 saturated carbocycles. The molecule has 0 aliphatic carbocycles. The smallest absolute Gasteiger partial charge is 0.317 e. The number of H-pyrrole nitrogens is 1. The number of nitrogens with zero attached hydrogens (tertiary/aromatic N) is 2. The maximum absolute atomic E-state index is 12.1. The summed E-state index contributed by atoms with van der Waals surface area (Å²) in [6.07, 6.45) is 0. The van der Waals surface area contributed by atoms with E-state index in [-0.39, 0.29) is 12.1 Å². The van der Waals surface area contributed by atoms with Crippen LogP contribution in [0.15, 0.2) is 35.1 Å². The van der Waals surface area contributed by atoms with Crippen molar-refractivity contribution in [2.24, 2.45) is 0 Å². The third-order valence-electron chi connectivity index (χ3n) is 3.81. The minimum Gasteiger partial charge on any atom is -0.480 e. The predicted octanol–water partition coefficient (Wildman–Crippen LogP) is 0.735. The van der Waals surface area contributed by atoms with Gasteiger partial charge in [0, 0.05) is 31.6 Å². The molecular formula is C15H17N3O3. The molecule has 21 heavy (non-hydrogen) atoms. The molecule has 1 fully saturated rings. The molecule has 1 aliphatic rings. The van der Waals surface area contributed by atoms with Crippen molar-refractivity contribution in [3.63, 3.8) is 0 Å². The standard InChI is InChI=1S/C15H17N3O3/c19-14(20)10-17-5-7-18(8-6-17)13-9-11-3-1-2-4-12(11)15(21)16-13/h1-4,9H,5-8,10H2,(H,16,21)(H,19,20). The number of benzene rings is 1. The van der Waals surface area contributed by atoms with Gasteiger partial charge in [-0.05, 0) is 17.5 Å². The Morgan fingerprint density at radius 2 is 1.90 bits per heavy atom. The highest BCUT2D eigenvalue weighted by Crippen LogP contribution is 2.17. The second-order valence-electron chi connectivity index (χ2n) is 5.23. The summed E-state index contributed by atoms with van der Waals surface area (Å²) >= 11 is 0. The van der Waals surface area contributed by atoms with Gasteiger partial charge in [-0.2, -0.15) is 0 Å². The van der Waals surface area contributed by atoms with Gasteiger partial charge in [0.25, 0.3) is 5.56 Å². The number of aromatic nitrogens is 1. The van der Waals surface area contributed by atoms with Crippen molar-refractivity contribution >= 4 is 22.6 Å². The van der Waals surface area contributed by atoms with Crippen molar-refractivity contribution in [2.45, 2.75) is 0 Å². The molecule has 0 unspecified atom stereocenters. The number of piperazine rings is 1. The summed E-state index contributed by atoms with van der Waals surface area (Å²) in [4.78, 5) is 29.7. The monoisotopic (exact) mass is 287 g/mol. The van der Waals surface area contributed by atoms with E-state index < -0.39 is 5.97 Å². The van der Waals surface area contributed by atoms with E-state index in [1.807, 2.05) is 35.2 Å². The van der Waals surface area contributed by atoms with Crippen LogP contribution in [0.4, 0.5) is 5.82 Å². The van der Waals surface area contributed by atoms with Crippen LogP contribution in [0.3, 0.4) is 0 Å². The number of anilines is 1. The second-order valence-corrected chi connectivity index (χ2v) is 5.23. The summed E-state index contributed by atoms with van der Waals surface area (Å²) in [6, 6.07) is 9.47. The van der Waals surface area contributed by atoms with Gasteiger partial charge >= 0.3 is 5.97 Å². The molecule has 0 radical (unpaired) electrons. The van der Waals surface area contributed by atoms with Crippen molar-refractivity contribution in [2.75, 3.05) is 37.6 Å². The molecule has 6 heteroatoms. The number of carboxylic acid groups (broad SMARTS) is 1. The van der Waals surface area contributed by atoms with E-state index in [0.29, 0.717) is 31.6 Å².